The average Bonchev–Trinajstić information content (AvgIpc) is 2.46. The zero-order valence-corrected chi connectivity index (χ0v) is 14.0. The largest absolute Gasteiger partial charge is 0.313 e. The van der Waals surface area contributed by atoms with Crippen LogP contribution in [0.4, 0.5) is 0 Å². The molecule has 2 rings (SSSR count). The van der Waals surface area contributed by atoms with E-state index in [-0.39, 0.29) is 0 Å². The van der Waals surface area contributed by atoms with Crippen LogP contribution in [0.25, 0.3) is 0 Å². The zero-order valence-electron chi connectivity index (χ0n) is 13.1. The molecule has 3 atom stereocenters. The average molecular weight is 292 g/mol. The number of benzene rings is 1. The molecule has 0 aromatic heterocycles. The lowest BCUT2D eigenvalue weighted by molar-refractivity contribution is 0.353. The highest BCUT2D eigenvalue weighted by molar-refractivity contribution is 8.00. The molecule has 2 heteroatoms. The van der Waals surface area contributed by atoms with Crippen LogP contribution in [0.2, 0.25) is 0 Å². The molecule has 0 amide bonds. The van der Waals surface area contributed by atoms with Gasteiger partial charge in [0.1, 0.15) is 0 Å². The molecule has 0 bridgehead atoms. The van der Waals surface area contributed by atoms with E-state index in [9.17, 15) is 0 Å². The van der Waals surface area contributed by atoms with Crippen molar-refractivity contribution < 1.29 is 0 Å². The molecular weight excluding hydrogens is 262 g/mol. The van der Waals surface area contributed by atoms with Crippen molar-refractivity contribution >= 4 is 11.8 Å². The first-order valence-electron chi connectivity index (χ1n) is 8.14. The fourth-order valence-corrected chi connectivity index (χ4v) is 4.68. The predicted molar refractivity (Wildman–Crippen MR) is 91.6 cm³/mol. The first kappa shape index (κ1) is 15.9. The highest BCUT2D eigenvalue weighted by Gasteiger charge is 2.31. The lowest BCUT2D eigenvalue weighted by atomic mass is 9.81. The van der Waals surface area contributed by atoms with Crippen LogP contribution in [0.1, 0.15) is 57.9 Å². The van der Waals surface area contributed by atoms with Gasteiger partial charge in [-0.1, -0.05) is 51.1 Å². The Balaban J connectivity index is 2.00. The van der Waals surface area contributed by atoms with Crippen molar-refractivity contribution in [1.82, 2.24) is 5.32 Å². The lowest BCUT2D eigenvalue weighted by Crippen LogP contribution is -2.43. The van der Waals surface area contributed by atoms with Crippen molar-refractivity contribution in [2.24, 2.45) is 0 Å². The van der Waals surface area contributed by atoms with Crippen LogP contribution in [0.5, 0.6) is 0 Å². The third-order valence-electron chi connectivity index (χ3n) is 4.17. The van der Waals surface area contributed by atoms with Crippen molar-refractivity contribution in [3.8, 4) is 0 Å². The number of thioether (sulfide) groups is 1. The molecule has 1 nitrogen and oxygen atoms in total. The van der Waals surface area contributed by atoms with Gasteiger partial charge in [-0.05, 0) is 49.0 Å². The van der Waals surface area contributed by atoms with Crippen molar-refractivity contribution in [3.05, 3.63) is 35.9 Å². The van der Waals surface area contributed by atoms with E-state index >= 15 is 0 Å². The molecule has 1 fully saturated rings. The van der Waals surface area contributed by atoms with Gasteiger partial charge in [0.15, 0.2) is 0 Å². The van der Waals surface area contributed by atoms with E-state index in [4.69, 9.17) is 0 Å². The maximum Gasteiger partial charge on any atom is 0.0209 e. The summed E-state index contributed by atoms with van der Waals surface area (Å²) in [7, 11) is 0. The van der Waals surface area contributed by atoms with Gasteiger partial charge in [-0.2, -0.15) is 11.8 Å². The van der Waals surface area contributed by atoms with Crippen LogP contribution in [-0.2, 0) is 0 Å². The highest BCUT2D eigenvalue weighted by Crippen LogP contribution is 2.39. The summed E-state index contributed by atoms with van der Waals surface area (Å²) in [6.45, 7) is 8.07. The summed E-state index contributed by atoms with van der Waals surface area (Å²) in [6, 6.07) is 11.8. The summed E-state index contributed by atoms with van der Waals surface area (Å²) in [6.07, 6.45) is 5.22. The van der Waals surface area contributed by atoms with Crippen molar-refractivity contribution in [3.63, 3.8) is 0 Å². The molecule has 0 aliphatic heterocycles. The molecule has 0 radical (unpaired) electrons. The van der Waals surface area contributed by atoms with Crippen molar-refractivity contribution in [2.75, 3.05) is 6.54 Å². The maximum atomic E-state index is 3.78. The second-order valence-electron chi connectivity index (χ2n) is 6.20. The summed E-state index contributed by atoms with van der Waals surface area (Å²) in [4.78, 5) is 0. The van der Waals surface area contributed by atoms with Gasteiger partial charge < -0.3 is 5.32 Å². The molecule has 1 aliphatic rings. The van der Waals surface area contributed by atoms with Gasteiger partial charge in [0.25, 0.3) is 0 Å². The Hall–Kier alpha value is -0.470. The van der Waals surface area contributed by atoms with Crippen LogP contribution in [-0.4, -0.2) is 23.1 Å². The van der Waals surface area contributed by atoms with Gasteiger partial charge in [0, 0.05) is 11.3 Å². The molecule has 1 aromatic carbocycles. The molecule has 0 heterocycles. The van der Waals surface area contributed by atoms with Gasteiger partial charge in [0.05, 0.1) is 0 Å². The Morgan fingerprint density at radius 2 is 1.95 bits per heavy atom. The van der Waals surface area contributed by atoms with Gasteiger partial charge in [-0.3, -0.25) is 0 Å². The topological polar surface area (TPSA) is 12.0 Å². The van der Waals surface area contributed by atoms with Crippen LogP contribution in [0.3, 0.4) is 0 Å². The summed E-state index contributed by atoms with van der Waals surface area (Å²) in [5.74, 6) is 0.757. The molecule has 20 heavy (non-hydrogen) atoms. The van der Waals surface area contributed by atoms with E-state index in [1.54, 1.807) is 0 Å². The SMILES string of the molecule is CCCNC1CCC(c2ccccc2)CC1SC(C)C. The highest BCUT2D eigenvalue weighted by atomic mass is 32.2. The van der Waals surface area contributed by atoms with E-state index in [1.807, 2.05) is 0 Å². The Morgan fingerprint density at radius 3 is 2.60 bits per heavy atom. The molecule has 1 saturated carbocycles. The molecule has 1 N–H and O–H groups in total. The number of hydrogen-bond acceptors (Lipinski definition) is 2. The van der Waals surface area contributed by atoms with E-state index in [2.05, 4.69) is 68.2 Å². The standard InChI is InChI=1S/C18H29NS/c1-4-12-19-17-11-10-16(13-18(17)20-14(2)3)15-8-6-5-7-9-15/h5-9,14,16-19H,4,10-13H2,1-3H3. The molecule has 0 saturated heterocycles. The fraction of sp³-hybridized carbons (Fsp3) is 0.667. The van der Waals surface area contributed by atoms with Crippen molar-refractivity contribution in [1.29, 1.82) is 0 Å². The molecule has 0 spiro atoms. The third kappa shape index (κ3) is 4.53. The Morgan fingerprint density at radius 1 is 1.20 bits per heavy atom. The van der Waals surface area contributed by atoms with Gasteiger partial charge in [-0.15, -0.1) is 0 Å². The first-order chi connectivity index (χ1) is 9.70. The number of nitrogens with one attached hydrogen (secondary N) is 1. The summed E-state index contributed by atoms with van der Waals surface area (Å²) in [5.41, 5.74) is 1.54. The molecular formula is C18H29NS. The van der Waals surface area contributed by atoms with Crippen LogP contribution in [0.15, 0.2) is 30.3 Å². The third-order valence-corrected chi connectivity index (χ3v) is 5.58. The Kier molecular flexibility index (Phi) is 6.44. The summed E-state index contributed by atoms with van der Waals surface area (Å²) in [5, 5.41) is 5.26. The van der Waals surface area contributed by atoms with Gasteiger partial charge in [0.2, 0.25) is 0 Å². The smallest absolute Gasteiger partial charge is 0.0209 e. The molecule has 112 valence electrons. The minimum Gasteiger partial charge on any atom is -0.313 e. The van der Waals surface area contributed by atoms with E-state index in [0.717, 1.165) is 23.0 Å². The van der Waals surface area contributed by atoms with Crippen LogP contribution >= 0.6 is 11.8 Å². The maximum absolute atomic E-state index is 3.78. The second kappa shape index (κ2) is 8.09. The number of hydrogen-bond donors (Lipinski definition) is 1. The predicted octanol–water partition coefficient (Wildman–Crippen LogP) is 4.83. The van der Waals surface area contributed by atoms with Gasteiger partial charge in [-0.25, -0.2) is 0 Å². The first-order valence-corrected chi connectivity index (χ1v) is 9.08. The van der Waals surface area contributed by atoms with E-state index < -0.39 is 0 Å². The number of rotatable bonds is 6. The molecule has 1 aliphatic carbocycles. The van der Waals surface area contributed by atoms with Crippen molar-refractivity contribution in [2.45, 2.75) is 68.9 Å². The minimum atomic E-state index is 0.710. The second-order valence-corrected chi connectivity index (χ2v) is 8.03. The monoisotopic (exact) mass is 291 g/mol. The van der Waals surface area contributed by atoms with Crippen LogP contribution in [0, 0.1) is 0 Å². The molecule has 3 unspecified atom stereocenters. The minimum absolute atomic E-state index is 0.710. The lowest BCUT2D eigenvalue weighted by Gasteiger charge is -2.37. The summed E-state index contributed by atoms with van der Waals surface area (Å²) < 4.78 is 0. The summed E-state index contributed by atoms with van der Waals surface area (Å²) >= 11 is 2.17. The normalized spacial score (nSPS) is 26.9. The quantitative estimate of drug-likeness (QED) is 0.805. The Labute approximate surface area is 128 Å². The van der Waals surface area contributed by atoms with Crippen LogP contribution < -0.4 is 5.32 Å². The van der Waals surface area contributed by atoms with E-state index in [0.29, 0.717) is 6.04 Å². The fourth-order valence-electron chi connectivity index (χ4n) is 3.22. The van der Waals surface area contributed by atoms with E-state index in [1.165, 1.54) is 31.2 Å². The van der Waals surface area contributed by atoms with Gasteiger partial charge >= 0.3 is 0 Å². The molecule has 1 aromatic rings. The Bertz CT molecular complexity index is 376. The zero-order chi connectivity index (χ0) is 14.4.